The molecule has 2 aromatic rings. The average molecular weight is 499 g/mol. The lowest BCUT2D eigenvalue weighted by Crippen LogP contribution is -2.44. The van der Waals surface area contributed by atoms with Crippen LogP contribution in [-0.4, -0.2) is 43.6 Å². The molecule has 0 aliphatic carbocycles. The van der Waals surface area contributed by atoms with E-state index in [4.69, 9.17) is 32.5 Å². The molecular weight excluding hydrogens is 472 g/mol. The van der Waals surface area contributed by atoms with Crippen molar-refractivity contribution in [3.63, 3.8) is 0 Å². The summed E-state index contributed by atoms with van der Waals surface area (Å²) in [5.74, 6) is -0.0862. The van der Waals surface area contributed by atoms with E-state index in [2.05, 4.69) is 4.99 Å². The van der Waals surface area contributed by atoms with Gasteiger partial charge in [-0.15, -0.1) is 0 Å². The van der Waals surface area contributed by atoms with Crippen LogP contribution in [0.1, 0.15) is 26.2 Å². The van der Waals surface area contributed by atoms with Gasteiger partial charge in [-0.25, -0.2) is 4.99 Å². The van der Waals surface area contributed by atoms with Gasteiger partial charge in [0.15, 0.2) is 0 Å². The molecule has 2 amide bonds. The predicted octanol–water partition coefficient (Wildman–Crippen LogP) is 3.30. The number of carbonyl (C=O) groups excluding carboxylic acids is 3. The summed E-state index contributed by atoms with van der Waals surface area (Å²) in [6, 6.07) is 11.8. The number of Topliss-reactive ketones (excluding diaryl/α,β-unsaturated/α-hetero) is 1. The lowest BCUT2D eigenvalue weighted by molar-refractivity contribution is -0.117. The number of rotatable bonds is 9. The predicted molar refractivity (Wildman–Crippen MR) is 134 cm³/mol. The van der Waals surface area contributed by atoms with Crippen molar-refractivity contribution in [2.45, 2.75) is 26.2 Å². The topological polar surface area (TPSA) is 137 Å². The fraction of sp³-hybridized carbons (Fsp3) is 0.280. The number of amides is 2. The summed E-state index contributed by atoms with van der Waals surface area (Å²) in [6.45, 7) is 2.13. The number of piperidine rings is 1. The second-order valence-corrected chi connectivity index (χ2v) is 8.30. The van der Waals surface area contributed by atoms with Crippen LogP contribution >= 0.6 is 11.6 Å². The summed E-state index contributed by atoms with van der Waals surface area (Å²) in [6.07, 6.45) is 1.29. The average Bonchev–Trinajstić information content (AvgIpc) is 2.83. The zero-order valence-corrected chi connectivity index (χ0v) is 20.3. The van der Waals surface area contributed by atoms with Crippen molar-refractivity contribution in [3.8, 4) is 11.5 Å². The maximum Gasteiger partial charge on any atom is 0.277 e. The Labute approximate surface area is 208 Å². The number of hydrogen-bond donors (Lipinski definition) is 2. The first-order valence-electron chi connectivity index (χ1n) is 11.0. The highest BCUT2D eigenvalue weighted by Crippen LogP contribution is 2.32. The first-order valence-corrected chi connectivity index (χ1v) is 11.3. The fourth-order valence-electron chi connectivity index (χ4n) is 3.54. The van der Waals surface area contributed by atoms with E-state index in [1.807, 2.05) is 0 Å². The number of methoxy groups -OCH3 is 1. The molecule has 184 valence electrons. The summed E-state index contributed by atoms with van der Waals surface area (Å²) < 4.78 is 10.8. The Morgan fingerprint density at radius 2 is 1.86 bits per heavy atom. The van der Waals surface area contributed by atoms with Gasteiger partial charge in [0.25, 0.3) is 11.8 Å². The van der Waals surface area contributed by atoms with E-state index < -0.39 is 11.8 Å². The highest BCUT2D eigenvalue weighted by molar-refractivity contribution is 6.51. The van der Waals surface area contributed by atoms with Gasteiger partial charge in [-0.05, 0) is 62.2 Å². The number of primary amides is 1. The van der Waals surface area contributed by atoms with Gasteiger partial charge in [0.05, 0.1) is 24.4 Å². The maximum absolute atomic E-state index is 13.5. The number of anilines is 1. The molecule has 0 radical (unpaired) electrons. The Bertz CT molecular complexity index is 1190. The Balaban J connectivity index is 1.89. The number of aliphatic imine (C=N–C) groups is 1. The molecule has 35 heavy (non-hydrogen) atoms. The highest BCUT2D eigenvalue weighted by atomic mass is 35.5. The van der Waals surface area contributed by atoms with Gasteiger partial charge in [0.2, 0.25) is 0 Å². The molecule has 1 aliphatic heterocycles. The van der Waals surface area contributed by atoms with Gasteiger partial charge >= 0.3 is 0 Å². The number of benzene rings is 2. The Morgan fingerprint density at radius 3 is 2.46 bits per heavy atom. The maximum atomic E-state index is 13.5. The molecule has 0 atom stereocenters. The van der Waals surface area contributed by atoms with Crippen LogP contribution in [-0.2, 0) is 14.4 Å². The SMILES string of the molecule is COc1ccc(N=C2C(=O)N(c3ccc(OCCCC(C)=O)c(Cl)c3)CCC2=C(N)C(N)=O)cc1. The molecule has 1 heterocycles. The van der Waals surface area contributed by atoms with Crippen molar-refractivity contribution in [2.24, 2.45) is 16.5 Å². The van der Waals surface area contributed by atoms with Crippen LogP contribution in [0.2, 0.25) is 5.02 Å². The molecule has 10 heteroatoms. The zero-order chi connectivity index (χ0) is 25.5. The van der Waals surface area contributed by atoms with E-state index >= 15 is 0 Å². The molecule has 4 N–H and O–H groups in total. The number of halogens is 1. The van der Waals surface area contributed by atoms with Crippen molar-refractivity contribution < 1.29 is 23.9 Å². The summed E-state index contributed by atoms with van der Waals surface area (Å²) in [7, 11) is 1.55. The summed E-state index contributed by atoms with van der Waals surface area (Å²) >= 11 is 6.39. The molecule has 2 aromatic carbocycles. The minimum absolute atomic E-state index is 0.0263. The number of ether oxygens (including phenoxy) is 2. The van der Waals surface area contributed by atoms with Crippen LogP contribution in [0.3, 0.4) is 0 Å². The summed E-state index contributed by atoms with van der Waals surface area (Å²) in [5, 5.41) is 0.324. The van der Waals surface area contributed by atoms with E-state index in [0.29, 0.717) is 52.9 Å². The third-order valence-corrected chi connectivity index (χ3v) is 5.68. The smallest absolute Gasteiger partial charge is 0.277 e. The number of hydrogen-bond acceptors (Lipinski definition) is 7. The van der Waals surface area contributed by atoms with E-state index in [0.717, 1.165) is 0 Å². The number of carbonyl (C=O) groups is 3. The van der Waals surface area contributed by atoms with E-state index in [-0.39, 0.29) is 30.2 Å². The van der Waals surface area contributed by atoms with E-state index in [1.54, 1.807) is 49.6 Å². The molecule has 0 saturated carbocycles. The third kappa shape index (κ3) is 6.39. The number of ketones is 1. The first kappa shape index (κ1) is 25.8. The fourth-order valence-corrected chi connectivity index (χ4v) is 3.77. The molecule has 0 bridgehead atoms. The third-order valence-electron chi connectivity index (χ3n) is 5.38. The number of nitrogens with two attached hydrogens (primary N) is 2. The lowest BCUT2D eigenvalue weighted by Gasteiger charge is -2.30. The van der Waals surface area contributed by atoms with Crippen molar-refractivity contribution >= 4 is 46.3 Å². The van der Waals surface area contributed by atoms with Crippen LogP contribution in [0.25, 0.3) is 0 Å². The second-order valence-electron chi connectivity index (χ2n) is 7.89. The van der Waals surface area contributed by atoms with Gasteiger partial charge in [0.1, 0.15) is 28.7 Å². The van der Waals surface area contributed by atoms with Crippen molar-refractivity contribution in [1.82, 2.24) is 0 Å². The van der Waals surface area contributed by atoms with Crippen LogP contribution in [0.5, 0.6) is 11.5 Å². The van der Waals surface area contributed by atoms with Gasteiger partial charge < -0.3 is 30.6 Å². The minimum Gasteiger partial charge on any atom is -0.497 e. The van der Waals surface area contributed by atoms with Crippen LogP contribution in [0.15, 0.2) is 58.7 Å². The monoisotopic (exact) mass is 498 g/mol. The first-order chi connectivity index (χ1) is 16.7. The van der Waals surface area contributed by atoms with Gasteiger partial charge in [-0.2, -0.15) is 0 Å². The lowest BCUT2D eigenvalue weighted by atomic mass is 9.97. The van der Waals surface area contributed by atoms with Crippen LogP contribution in [0.4, 0.5) is 11.4 Å². The second kappa shape index (κ2) is 11.5. The highest BCUT2D eigenvalue weighted by Gasteiger charge is 2.32. The molecule has 3 rings (SSSR count). The molecule has 0 spiro atoms. The molecule has 1 aliphatic rings. The van der Waals surface area contributed by atoms with Gasteiger partial charge in [-0.1, -0.05) is 11.6 Å². The molecule has 1 saturated heterocycles. The molecule has 0 aromatic heterocycles. The molecule has 1 fully saturated rings. The summed E-state index contributed by atoms with van der Waals surface area (Å²) in [4.78, 5) is 42.3. The molecule has 0 unspecified atom stereocenters. The van der Waals surface area contributed by atoms with E-state index in [1.165, 1.54) is 11.8 Å². The number of nitrogens with zero attached hydrogens (tertiary/aromatic N) is 2. The van der Waals surface area contributed by atoms with Crippen LogP contribution in [0, 0.1) is 0 Å². The van der Waals surface area contributed by atoms with Crippen molar-refractivity contribution in [3.05, 3.63) is 58.8 Å². The van der Waals surface area contributed by atoms with Gasteiger partial charge in [0, 0.05) is 24.2 Å². The Hall–Kier alpha value is -3.85. The Morgan fingerprint density at radius 1 is 1.14 bits per heavy atom. The normalized spacial score (nSPS) is 16.3. The van der Waals surface area contributed by atoms with E-state index in [9.17, 15) is 14.4 Å². The molecule has 9 nitrogen and oxygen atoms in total. The quantitative estimate of drug-likeness (QED) is 0.402. The Kier molecular flexibility index (Phi) is 8.48. The zero-order valence-electron chi connectivity index (χ0n) is 19.5. The standard InChI is InChI=1S/C25H27ClN4O5/c1-15(31)4-3-13-35-21-10-7-17(14-20(21)26)30-12-11-19(22(27)24(28)32)23(25(30)33)29-16-5-8-18(34-2)9-6-16/h5-10,14H,3-4,11-13,27H2,1-2H3,(H2,28,32). The minimum atomic E-state index is -0.821. The van der Waals surface area contributed by atoms with Crippen LogP contribution < -0.4 is 25.8 Å². The largest absolute Gasteiger partial charge is 0.497 e. The van der Waals surface area contributed by atoms with Crippen molar-refractivity contribution in [2.75, 3.05) is 25.2 Å². The molecular formula is C25H27ClN4O5. The van der Waals surface area contributed by atoms with Gasteiger partial charge in [-0.3, -0.25) is 9.59 Å². The van der Waals surface area contributed by atoms with Crippen molar-refractivity contribution in [1.29, 1.82) is 0 Å². The summed E-state index contributed by atoms with van der Waals surface area (Å²) in [5.41, 5.74) is 12.5.